The molecule has 6 heteroatoms. The summed E-state index contributed by atoms with van der Waals surface area (Å²) in [7, 11) is 0. The lowest BCUT2D eigenvalue weighted by Crippen LogP contribution is -2.30. The molecule has 3 heterocycles. The van der Waals surface area contributed by atoms with Gasteiger partial charge in [0.25, 0.3) is 5.56 Å². The number of aromatic nitrogens is 2. The second-order valence-electron chi connectivity index (χ2n) is 6.96. The minimum absolute atomic E-state index is 0.0608. The minimum atomic E-state index is -0.287. The van der Waals surface area contributed by atoms with Crippen LogP contribution in [-0.4, -0.2) is 27.5 Å². The lowest BCUT2D eigenvalue weighted by atomic mass is 10.2. The van der Waals surface area contributed by atoms with Gasteiger partial charge in [-0.1, -0.05) is 18.2 Å². The number of halogens is 1. The van der Waals surface area contributed by atoms with E-state index >= 15 is 0 Å². The zero-order valence-electron chi connectivity index (χ0n) is 15.1. The molecule has 3 aromatic rings. The largest absolute Gasteiger partial charge is 0.296 e. The number of hydrogen-bond donors (Lipinski definition) is 0. The molecule has 0 saturated carbocycles. The Bertz CT molecular complexity index is 1020. The molecule has 0 amide bonds. The van der Waals surface area contributed by atoms with Gasteiger partial charge in [0.2, 0.25) is 0 Å². The molecule has 1 fully saturated rings. The van der Waals surface area contributed by atoms with Crippen molar-refractivity contribution in [2.75, 3.05) is 13.1 Å². The normalized spacial score (nSPS) is 15.2. The van der Waals surface area contributed by atoms with Crippen LogP contribution in [0, 0.1) is 19.7 Å². The molecule has 1 saturated heterocycles. The summed E-state index contributed by atoms with van der Waals surface area (Å²) >= 11 is 1.57. The first-order chi connectivity index (χ1) is 12.5. The highest BCUT2D eigenvalue weighted by Gasteiger charge is 2.20. The van der Waals surface area contributed by atoms with Crippen molar-refractivity contribution in [2.45, 2.75) is 39.8 Å². The van der Waals surface area contributed by atoms with E-state index in [-0.39, 0.29) is 17.9 Å². The van der Waals surface area contributed by atoms with Gasteiger partial charge in [-0.3, -0.25) is 14.3 Å². The van der Waals surface area contributed by atoms with Gasteiger partial charge in [0.05, 0.1) is 18.5 Å². The number of thiophene rings is 1. The molecule has 0 aliphatic carbocycles. The molecule has 0 unspecified atom stereocenters. The number of fused-ring (bicyclic) bond motifs is 1. The van der Waals surface area contributed by atoms with Gasteiger partial charge in [-0.25, -0.2) is 9.37 Å². The van der Waals surface area contributed by atoms with Crippen molar-refractivity contribution >= 4 is 21.6 Å². The maximum atomic E-state index is 14.2. The molecule has 1 aliphatic rings. The number of rotatable bonds is 4. The van der Waals surface area contributed by atoms with Crippen molar-refractivity contribution in [1.82, 2.24) is 14.5 Å². The van der Waals surface area contributed by atoms with Crippen LogP contribution in [0.4, 0.5) is 4.39 Å². The quantitative estimate of drug-likeness (QED) is 0.699. The summed E-state index contributed by atoms with van der Waals surface area (Å²) < 4.78 is 15.9. The number of benzene rings is 1. The van der Waals surface area contributed by atoms with E-state index in [0.29, 0.717) is 17.5 Å². The van der Waals surface area contributed by atoms with Crippen LogP contribution in [0.5, 0.6) is 0 Å². The molecule has 0 N–H and O–H groups in total. The van der Waals surface area contributed by atoms with Crippen molar-refractivity contribution in [3.05, 3.63) is 62.3 Å². The molecule has 136 valence electrons. The van der Waals surface area contributed by atoms with Gasteiger partial charge < -0.3 is 0 Å². The van der Waals surface area contributed by atoms with E-state index in [1.54, 1.807) is 34.1 Å². The Morgan fingerprint density at radius 2 is 1.88 bits per heavy atom. The standard InChI is InChI=1S/C20H22FN3OS/c1-13-14(2)26-19-18(13)20(25)24(11-15-7-3-4-8-16(15)21)17(22-19)12-23-9-5-6-10-23/h3-4,7-8H,5-6,9-12H2,1-2H3. The van der Waals surface area contributed by atoms with Gasteiger partial charge in [-0.15, -0.1) is 11.3 Å². The predicted molar refractivity (Wildman–Crippen MR) is 103 cm³/mol. The van der Waals surface area contributed by atoms with Crippen molar-refractivity contribution in [1.29, 1.82) is 0 Å². The number of aryl methyl sites for hydroxylation is 2. The summed E-state index contributed by atoms with van der Waals surface area (Å²) in [6.45, 7) is 6.88. The number of nitrogens with zero attached hydrogens (tertiary/aromatic N) is 3. The van der Waals surface area contributed by atoms with Crippen LogP contribution in [-0.2, 0) is 13.1 Å². The fourth-order valence-electron chi connectivity index (χ4n) is 3.59. The van der Waals surface area contributed by atoms with Crippen LogP contribution < -0.4 is 5.56 Å². The summed E-state index contributed by atoms with van der Waals surface area (Å²) in [4.78, 5) is 22.3. The van der Waals surface area contributed by atoms with Crippen LogP contribution in [0.3, 0.4) is 0 Å². The molecule has 0 atom stereocenters. The topological polar surface area (TPSA) is 38.1 Å². The van der Waals surface area contributed by atoms with Crippen LogP contribution >= 0.6 is 11.3 Å². The monoisotopic (exact) mass is 371 g/mol. The molecule has 4 nitrogen and oxygen atoms in total. The Labute approximate surface area is 155 Å². The molecule has 0 spiro atoms. The van der Waals surface area contributed by atoms with Crippen LogP contribution in [0.25, 0.3) is 10.2 Å². The van der Waals surface area contributed by atoms with Gasteiger partial charge in [-0.05, 0) is 51.4 Å². The zero-order chi connectivity index (χ0) is 18.3. The smallest absolute Gasteiger partial charge is 0.262 e. The number of hydrogen-bond acceptors (Lipinski definition) is 4. The van der Waals surface area contributed by atoms with Crippen LogP contribution in [0.15, 0.2) is 29.1 Å². The third-order valence-corrected chi connectivity index (χ3v) is 6.32. The van der Waals surface area contributed by atoms with Crippen molar-refractivity contribution in [2.24, 2.45) is 0 Å². The first kappa shape index (κ1) is 17.4. The molecule has 26 heavy (non-hydrogen) atoms. The van der Waals surface area contributed by atoms with E-state index in [1.807, 2.05) is 13.8 Å². The lowest BCUT2D eigenvalue weighted by Gasteiger charge is -2.18. The molecule has 1 aliphatic heterocycles. The average Bonchev–Trinajstić information content (AvgIpc) is 3.21. The highest BCUT2D eigenvalue weighted by molar-refractivity contribution is 7.18. The fraction of sp³-hybridized carbons (Fsp3) is 0.400. The van der Waals surface area contributed by atoms with Crippen LogP contribution in [0.2, 0.25) is 0 Å². The molecular weight excluding hydrogens is 349 g/mol. The van der Waals surface area contributed by atoms with Gasteiger partial charge in [0.15, 0.2) is 0 Å². The Morgan fingerprint density at radius 1 is 1.15 bits per heavy atom. The summed E-state index contributed by atoms with van der Waals surface area (Å²) in [5.74, 6) is 0.443. The summed E-state index contributed by atoms with van der Waals surface area (Å²) in [5.41, 5.74) is 1.44. The second-order valence-corrected chi connectivity index (χ2v) is 8.16. The SMILES string of the molecule is Cc1sc2nc(CN3CCCC3)n(Cc3ccccc3F)c(=O)c2c1C. The van der Waals surface area contributed by atoms with E-state index in [0.717, 1.165) is 34.2 Å². The van der Waals surface area contributed by atoms with Gasteiger partial charge >= 0.3 is 0 Å². The van der Waals surface area contributed by atoms with Crippen LogP contribution in [0.1, 0.15) is 34.7 Å². The summed E-state index contributed by atoms with van der Waals surface area (Å²) in [6, 6.07) is 6.64. The van der Waals surface area contributed by atoms with E-state index in [4.69, 9.17) is 4.98 Å². The Balaban J connectivity index is 1.86. The molecular formula is C20H22FN3OS. The first-order valence-corrected chi connectivity index (χ1v) is 9.81. The van der Waals surface area contributed by atoms with E-state index in [9.17, 15) is 9.18 Å². The van der Waals surface area contributed by atoms with Gasteiger partial charge in [0.1, 0.15) is 16.5 Å². The van der Waals surface area contributed by atoms with Gasteiger partial charge in [-0.2, -0.15) is 0 Å². The Hall–Kier alpha value is -2.05. The highest BCUT2D eigenvalue weighted by atomic mass is 32.1. The molecule has 1 aromatic carbocycles. The zero-order valence-corrected chi connectivity index (χ0v) is 15.9. The summed E-state index contributed by atoms with van der Waals surface area (Å²) in [5, 5.41) is 0.675. The van der Waals surface area contributed by atoms with Crippen molar-refractivity contribution in [3.63, 3.8) is 0 Å². The third-order valence-electron chi connectivity index (χ3n) is 5.22. The molecule has 4 rings (SSSR count). The average molecular weight is 371 g/mol. The Morgan fingerprint density at radius 3 is 2.62 bits per heavy atom. The van der Waals surface area contributed by atoms with E-state index < -0.39 is 0 Å². The molecule has 0 radical (unpaired) electrons. The highest BCUT2D eigenvalue weighted by Crippen LogP contribution is 2.27. The number of likely N-dealkylation sites (tertiary alicyclic amines) is 1. The lowest BCUT2D eigenvalue weighted by molar-refractivity contribution is 0.315. The summed E-state index contributed by atoms with van der Waals surface area (Å²) in [6.07, 6.45) is 2.36. The third kappa shape index (κ3) is 3.08. The maximum Gasteiger partial charge on any atom is 0.262 e. The van der Waals surface area contributed by atoms with Crippen molar-refractivity contribution in [3.8, 4) is 0 Å². The predicted octanol–water partition coefficient (Wildman–Crippen LogP) is 3.86. The van der Waals surface area contributed by atoms with Crippen molar-refractivity contribution < 1.29 is 4.39 Å². The second kappa shape index (κ2) is 6.93. The van der Waals surface area contributed by atoms with E-state index in [2.05, 4.69) is 4.90 Å². The Kier molecular flexibility index (Phi) is 4.63. The molecule has 0 bridgehead atoms. The minimum Gasteiger partial charge on any atom is -0.296 e. The first-order valence-electron chi connectivity index (χ1n) is 9.00. The maximum absolute atomic E-state index is 14.2. The van der Waals surface area contributed by atoms with E-state index in [1.165, 1.54) is 18.9 Å². The van der Waals surface area contributed by atoms with Gasteiger partial charge in [0, 0.05) is 10.4 Å². The fourth-order valence-corrected chi connectivity index (χ4v) is 4.63. The molecule has 2 aromatic heterocycles.